The second-order valence-corrected chi connectivity index (χ2v) is 7.58. The first kappa shape index (κ1) is 17.4. The summed E-state index contributed by atoms with van der Waals surface area (Å²) in [5, 5.41) is 9.70. The van der Waals surface area contributed by atoms with E-state index < -0.39 is 12.0 Å². The van der Waals surface area contributed by atoms with Crippen molar-refractivity contribution in [2.45, 2.75) is 39.3 Å². The molecule has 0 aliphatic carbocycles. The van der Waals surface area contributed by atoms with Crippen LogP contribution in [0, 0.1) is 6.92 Å². The lowest BCUT2D eigenvalue weighted by Gasteiger charge is -2.43. The van der Waals surface area contributed by atoms with Gasteiger partial charge in [0.25, 0.3) is 0 Å². The van der Waals surface area contributed by atoms with E-state index in [1.54, 1.807) is 0 Å². The Hall–Kier alpha value is -0.920. The molecule has 0 spiro atoms. The Labute approximate surface area is 140 Å². The van der Waals surface area contributed by atoms with E-state index in [0.29, 0.717) is 5.69 Å². The van der Waals surface area contributed by atoms with Crippen molar-refractivity contribution < 1.29 is 9.90 Å². The van der Waals surface area contributed by atoms with Gasteiger partial charge >= 0.3 is 5.97 Å². The van der Waals surface area contributed by atoms with Crippen molar-refractivity contribution in [3.63, 3.8) is 0 Å². The maximum Gasteiger partial charge on any atom is 0.327 e. The van der Waals surface area contributed by atoms with Gasteiger partial charge in [0, 0.05) is 38.8 Å². The summed E-state index contributed by atoms with van der Waals surface area (Å²) in [7, 11) is 1.88. The maximum absolute atomic E-state index is 11.8. The molecule has 6 nitrogen and oxygen atoms in total. The van der Waals surface area contributed by atoms with Gasteiger partial charge in [-0.1, -0.05) is 0 Å². The lowest BCUT2D eigenvalue weighted by atomic mass is 10.0. The van der Waals surface area contributed by atoms with Crippen LogP contribution in [0.2, 0.25) is 0 Å². The van der Waals surface area contributed by atoms with Crippen LogP contribution in [-0.2, 0) is 11.8 Å². The quantitative estimate of drug-likeness (QED) is 0.879. The van der Waals surface area contributed by atoms with Crippen molar-refractivity contribution in [2.75, 3.05) is 26.2 Å². The molecule has 0 aromatic carbocycles. The van der Waals surface area contributed by atoms with Crippen molar-refractivity contribution in [3.8, 4) is 0 Å². The molecule has 0 bridgehead atoms. The van der Waals surface area contributed by atoms with Crippen LogP contribution in [0.3, 0.4) is 0 Å². The number of aryl methyl sites for hydroxylation is 1. The van der Waals surface area contributed by atoms with Crippen LogP contribution in [0.1, 0.15) is 38.3 Å². The molecule has 2 rings (SSSR count). The number of piperazine rings is 1. The molecule has 1 aromatic rings. The van der Waals surface area contributed by atoms with Crippen molar-refractivity contribution in [1.29, 1.82) is 0 Å². The van der Waals surface area contributed by atoms with Crippen LogP contribution in [0.4, 0.5) is 0 Å². The van der Waals surface area contributed by atoms with E-state index >= 15 is 0 Å². The van der Waals surface area contributed by atoms with Crippen LogP contribution in [0.5, 0.6) is 0 Å². The molecule has 1 aliphatic heterocycles. The van der Waals surface area contributed by atoms with Crippen LogP contribution in [0.25, 0.3) is 0 Å². The molecule has 1 unspecified atom stereocenters. The molecule has 1 atom stereocenters. The number of carboxylic acid groups (broad SMARTS) is 1. The number of nitrogens with zero attached hydrogens (tertiary/aromatic N) is 4. The van der Waals surface area contributed by atoms with Gasteiger partial charge in [-0.3, -0.25) is 14.6 Å². The largest absolute Gasteiger partial charge is 0.480 e. The summed E-state index contributed by atoms with van der Waals surface area (Å²) in [4.78, 5) is 20.7. The molecule has 22 heavy (non-hydrogen) atoms. The SMILES string of the molecule is Cc1nc(C(C(=O)O)N2CCN(C(C)(C)C)CC2)c(Br)n1C. The van der Waals surface area contributed by atoms with E-state index in [1.165, 1.54) is 0 Å². The minimum absolute atomic E-state index is 0.118. The zero-order chi connectivity index (χ0) is 16.7. The monoisotopic (exact) mass is 372 g/mol. The number of carboxylic acids is 1. The van der Waals surface area contributed by atoms with E-state index in [2.05, 4.69) is 46.6 Å². The first-order chi connectivity index (χ1) is 10.1. The summed E-state index contributed by atoms with van der Waals surface area (Å²) in [5.74, 6) is -0.0375. The molecule has 1 saturated heterocycles. The number of hydrogen-bond donors (Lipinski definition) is 1. The van der Waals surface area contributed by atoms with Gasteiger partial charge in [-0.2, -0.15) is 0 Å². The van der Waals surface area contributed by atoms with Crippen LogP contribution >= 0.6 is 15.9 Å². The molecule has 0 amide bonds. The number of aromatic nitrogens is 2. The average molecular weight is 373 g/mol. The molecule has 1 N–H and O–H groups in total. The van der Waals surface area contributed by atoms with Gasteiger partial charge in [0.05, 0.1) is 0 Å². The Morgan fingerprint density at radius 1 is 1.27 bits per heavy atom. The maximum atomic E-state index is 11.8. The average Bonchev–Trinajstić information content (AvgIpc) is 2.66. The van der Waals surface area contributed by atoms with Crippen molar-refractivity contribution in [3.05, 3.63) is 16.1 Å². The molecular formula is C15H25BrN4O2. The van der Waals surface area contributed by atoms with Crippen molar-refractivity contribution in [1.82, 2.24) is 19.4 Å². The fourth-order valence-electron chi connectivity index (χ4n) is 2.88. The van der Waals surface area contributed by atoms with Gasteiger partial charge in [0.15, 0.2) is 6.04 Å². The highest BCUT2D eigenvalue weighted by Crippen LogP contribution is 2.29. The number of imidazole rings is 1. The van der Waals surface area contributed by atoms with E-state index in [4.69, 9.17) is 0 Å². The first-order valence-electron chi connectivity index (χ1n) is 7.53. The van der Waals surface area contributed by atoms with Crippen molar-refractivity contribution >= 4 is 21.9 Å². The third-order valence-electron chi connectivity index (χ3n) is 4.39. The summed E-state index contributed by atoms with van der Waals surface area (Å²) in [6.45, 7) is 11.7. The normalized spacial score (nSPS) is 19.4. The Morgan fingerprint density at radius 2 is 1.82 bits per heavy atom. The molecular weight excluding hydrogens is 348 g/mol. The third kappa shape index (κ3) is 3.36. The van der Waals surface area contributed by atoms with Gasteiger partial charge < -0.3 is 9.67 Å². The van der Waals surface area contributed by atoms with E-state index in [-0.39, 0.29) is 5.54 Å². The second kappa shape index (κ2) is 6.29. The van der Waals surface area contributed by atoms with Gasteiger partial charge in [0.1, 0.15) is 16.1 Å². The highest BCUT2D eigenvalue weighted by molar-refractivity contribution is 9.10. The Balaban J connectivity index is 2.21. The summed E-state index contributed by atoms with van der Waals surface area (Å²) in [6, 6.07) is -0.698. The predicted molar refractivity (Wildman–Crippen MR) is 88.9 cm³/mol. The fourth-order valence-corrected chi connectivity index (χ4v) is 3.44. The van der Waals surface area contributed by atoms with Crippen LogP contribution in [-0.4, -0.2) is 62.1 Å². The Morgan fingerprint density at radius 3 is 2.18 bits per heavy atom. The number of hydrogen-bond acceptors (Lipinski definition) is 4. The predicted octanol–water partition coefficient (Wildman–Crippen LogP) is 2.03. The topological polar surface area (TPSA) is 61.6 Å². The van der Waals surface area contributed by atoms with E-state index in [0.717, 1.165) is 36.6 Å². The summed E-state index contributed by atoms with van der Waals surface area (Å²) < 4.78 is 2.62. The number of aliphatic carboxylic acids is 1. The van der Waals surface area contributed by atoms with E-state index in [9.17, 15) is 9.90 Å². The second-order valence-electron chi connectivity index (χ2n) is 6.83. The smallest absolute Gasteiger partial charge is 0.327 e. The van der Waals surface area contributed by atoms with Gasteiger partial charge in [-0.15, -0.1) is 0 Å². The summed E-state index contributed by atoms with van der Waals surface area (Å²) >= 11 is 3.48. The zero-order valence-electron chi connectivity index (χ0n) is 13.9. The van der Waals surface area contributed by atoms with Crippen LogP contribution in [0.15, 0.2) is 4.60 Å². The minimum Gasteiger partial charge on any atom is -0.480 e. The molecule has 124 valence electrons. The molecule has 1 aromatic heterocycles. The van der Waals surface area contributed by atoms with Gasteiger partial charge in [0.2, 0.25) is 0 Å². The number of carbonyl (C=O) groups is 1. The molecule has 2 heterocycles. The molecule has 0 saturated carbocycles. The highest BCUT2D eigenvalue weighted by Gasteiger charge is 2.36. The molecule has 1 aliphatic rings. The summed E-state index contributed by atoms with van der Waals surface area (Å²) in [5.41, 5.74) is 0.712. The standard InChI is InChI=1S/C15H25BrN4O2/c1-10-17-11(13(16)18(10)5)12(14(21)22)19-6-8-20(9-7-19)15(2,3)4/h12H,6-9H2,1-5H3,(H,21,22). The van der Waals surface area contributed by atoms with Crippen molar-refractivity contribution in [2.24, 2.45) is 7.05 Å². The third-order valence-corrected chi connectivity index (χ3v) is 5.33. The molecule has 1 fully saturated rings. The fraction of sp³-hybridized carbons (Fsp3) is 0.733. The van der Waals surface area contributed by atoms with Gasteiger partial charge in [-0.25, -0.2) is 4.98 Å². The molecule has 7 heteroatoms. The zero-order valence-corrected chi connectivity index (χ0v) is 15.5. The Kier molecular flexibility index (Phi) is 4.99. The summed E-state index contributed by atoms with van der Waals surface area (Å²) in [6.07, 6.45) is 0. The first-order valence-corrected chi connectivity index (χ1v) is 8.33. The lowest BCUT2D eigenvalue weighted by Crippen LogP contribution is -2.54. The number of rotatable bonds is 3. The van der Waals surface area contributed by atoms with E-state index in [1.807, 2.05) is 23.4 Å². The van der Waals surface area contributed by atoms with Crippen LogP contribution < -0.4 is 0 Å². The highest BCUT2D eigenvalue weighted by atomic mass is 79.9. The molecule has 0 radical (unpaired) electrons. The minimum atomic E-state index is -0.844. The lowest BCUT2D eigenvalue weighted by molar-refractivity contribution is -0.144. The Bertz CT molecular complexity index is 557. The van der Waals surface area contributed by atoms with Gasteiger partial charge in [-0.05, 0) is 43.6 Å². The number of halogens is 1.